The smallest absolute Gasteiger partial charge is 0.490 e. The van der Waals surface area contributed by atoms with Crippen molar-refractivity contribution in [3.05, 3.63) is 36.4 Å². The number of alkyl halides is 3. The molecule has 0 amide bonds. The molecule has 1 aromatic rings. The number of hydrogen-bond acceptors (Lipinski definition) is 2. The number of rotatable bonds is 4. The Labute approximate surface area is 91.3 Å². The predicted octanol–water partition coefficient (Wildman–Crippen LogP) is 3.32. The first-order chi connectivity index (χ1) is 7.48. The van der Waals surface area contributed by atoms with Gasteiger partial charge in [-0.05, 0) is 19.1 Å². The molecule has 2 nitrogen and oxygen atoms in total. The Morgan fingerprint density at radius 2 is 2.06 bits per heavy atom. The van der Waals surface area contributed by atoms with Crippen molar-refractivity contribution in [1.29, 1.82) is 0 Å². The van der Waals surface area contributed by atoms with Crippen LogP contribution in [0.2, 0.25) is 0 Å². The molecule has 1 aromatic carbocycles. The van der Waals surface area contributed by atoms with E-state index in [1.54, 1.807) is 13.0 Å². The molecule has 0 spiro atoms. The Balaban J connectivity index is 3.14. The Morgan fingerprint density at radius 3 is 2.56 bits per heavy atom. The second-order valence-corrected chi connectivity index (χ2v) is 2.79. The van der Waals surface area contributed by atoms with Crippen LogP contribution in [0.4, 0.5) is 13.2 Å². The van der Waals surface area contributed by atoms with Gasteiger partial charge in [-0.25, -0.2) is 0 Å². The fraction of sp³-hybridized carbons (Fsp3) is 0.273. The molecule has 0 unspecified atom stereocenters. The van der Waals surface area contributed by atoms with Gasteiger partial charge >= 0.3 is 6.36 Å². The summed E-state index contributed by atoms with van der Waals surface area (Å²) in [6, 6.07) is 4.35. The van der Waals surface area contributed by atoms with Crippen molar-refractivity contribution < 1.29 is 22.6 Å². The summed E-state index contributed by atoms with van der Waals surface area (Å²) in [5, 5.41) is 0. The van der Waals surface area contributed by atoms with Crippen LogP contribution in [0.25, 0.3) is 0 Å². The third-order valence-corrected chi connectivity index (χ3v) is 1.69. The van der Waals surface area contributed by atoms with Crippen LogP contribution >= 0.6 is 0 Å². The van der Waals surface area contributed by atoms with Crippen molar-refractivity contribution >= 4 is 0 Å². The van der Waals surface area contributed by atoms with Crippen LogP contribution in [0.3, 0.4) is 0 Å². The molecule has 87 valence electrons. The summed E-state index contributed by atoms with van der Waals surface area (Å²) in [5.74, 6) is -0.389. The van der Waals surface area contributed by atoms with Crippen LogP contribution in [0, 0.1) is 6.08 Å². The fourth-order valence-electron chi connectivity index (χ4n) is 1.15. The molecular formula is C11H10F3O2. The van der Waals surface area contributed by atoms with E-state index < -0.39 is 12.1 Å². The summed E-state index contributed by atoms with van der Waals surface area (Å²) in [6.45, 7) is 5.21. The van der Waals surface area contributed by atoms with Gasteiger partial charge in [-0.15, -0.1) is 13.2 Å². The van der Waals surface area contributed by atoms with Crippen LogP contribution < -0.4 is 9.47 Å². The van der Waals surface area contributed by atoms with Gasteiger partial charge in [0.15, 0.2) is 11.5 Å². The Morgan fingerprint density at radius 1 is 1.38 bits per heavy atom. The van der Waals surface area contributed by atoms with Crippen molar-refractivity contribution in [3.63, 3.8) is 0 Å². The van der Waals surface area contributed by atoms with E-state index in [-0.39, 0.29) is 17.9 Å². The highest BCUT2D eigenvalue weighted by atomic mass is 19.4. The lowest BCUT2D eigenvalue weighted by atomic mass is 10.2. The maximum absolute atomic E-state index is 12.2. The highest BCUT2D eigenvalue weighted by Crippen LogP contribution is 2.35. The van der Waals surface area contributed by atoms with Crippen molar-refractivity contribution in [2.24, 2.45) is 0 Å². The van der Waals surface area contributed by atoms with Gasteiger partial charge in [0.05, 0.1) is 6.61 Å². The topological polar surface area (TPSA) is 18.5 Å². The van der Waals surface area contributed by atoms with Crippen molar-refractivity contribution in [2.45, 2.75) is 13.3 Å². The van der Waals surface area contributed by atoms with Gasteiger partial charge in [-0.1, -0.05) is 18.7 Å². The first-order valence-corrected chi connectivity index (χ1v) is 4.52. The van der Waals surface area contributed by atoms with Crippen LogP contribution in [-0.2, 0) is 0 Å². The number of para-hydroxylation sites is 1. The first kappa shape index (κ1) is 12.4. The minimum atomic E-state index is -4.77. The van der Waals surface area contributed by atoms with E-state index in [0.29, 0.717) is 0 Å². The van der Waals surface area contributed by atoms with Gasteiger partial charge in [-0.3, -0.25) is 0 Å². The molecule has 0 bridgehead atoms. The van der Waals surface area contributed by atoms with E-state index in [9.17, 15) is 13.2 Å². The Kier molecular flexibility index (Phi) is 3.82. The third-order valence-electron chi connectivity index (χ3n) is 1.69. The number of ether oxygens (including phenoxy) is 2. The second-order valence-electron chi connectivity index (χ2n) is 2.79. The Hall–Kier alpha value is -1.65. The van der Waals surface area contributed by atoms with E-state index in [2.05, 4.69) is 17.4 Å². The molecule has 5 heteroatoms. The molecule has 16 heavy (non-hydrogen) atoms. The lowest BCUT2D eigenvalue weighted by Crippen LogP contribution is -2.18. The molecule has 0 saturated heterocycles. The summed E-state index contributed by atoms with van der Waals surface area (Å²) < 4.78 is 45.4. The molecule has 0 aromatic heterocycles. The summed E-state index contributed by atoms with van der Waals surface area (Å²) in [6.07, 6.45) is -2.40. The van der Waals surface area contributed by atoms with Gasteiger partial charge in [0.1, 0.15) is 0 Å². The fourth-order valence-corrected chi connectivity index (χ4v) is 1.15. The molecule has 0 aliphatic carbocycles. The Bertz CT molecular complexity index is 372. The van der Waals surface area contributed by atoms with Gasteiger partial charge in [0, 0.05) is 5.56 Å². The minimum Gasteiger partial charge on any atom is -0.490 e. The largest absolute Gasteiger partial charge is 0.573 e. The third kappa shape index (κ3) is 3.18. The van der Waals surface area contributed by atoms with Gasteiger partial charge in [-0.2, -0.15) is 0 Å². The zero-order chi connectivity index (χ0) is 12.2. The molecule has 1 radical (unpaired) electrons. The van der Waals surface area contributed by atoms with Crippen molar-refractivity contribution in [1.82, 2.24) is 0 Å². The molecule has 0 aliphatic heterocycles. The van der Waals surface area contributed by atoms with Crippen molar-refractivity contribution in [3.8, 4) is 11.5 Å². The SMILES string of the molecule is C=[C]c1cccc(OCC)c1OC(F)(F)F. The normalized spacial score (nSPS) is 11.0. The number of benzene rings is 1. The average molecular weight is 231 g/mol. The van der Waals surface area contributed by atoms with Gasteiger partial charge in [0.2, 0.25) is 0 Å². The van der Waals surface area contributed by atoms with E-state index in [0.717, 1.165) is 0 Å². The summed E-state index contributed by atoms with van der Waals surface area (Å²) in [4.78, 5) is 0. The van der Waals surface area contributed by atoms with Crippen LogP contribution in [0.1, 0.15) is 12.5 Å². The molecule has 0 N–H and O–H groups in total. The monoisotopic (exact) mass is 231 g/mol. The lowest BCUT2D eigenvalue weighted by molar-refractivity contribution is -0.275. The van der Waals surface area contributed by atoms with Crippen LogP contribution in [0.5, 0.6) is 11.5 Å². The number of hydrogen-bond donors (Lipinski definition) is 0. The molecule has 0 heterocycles. The van der Waals surface area contributed by atoms with E-state index in [1.807, 2.05) is 0 Å². The molecule has 0 atom stereocenters. The van der Waals surface area contributed by atoms with E-state index >= 15 is 0 Å². The lowest BCUT2D eigenvalue weighted by Gasteiger charge is -2.15. The quantitative estimate of drug-likeness (QED) is 0.791. The zero-order valence-corrected chi connectivity index (χ0v) is 8.60. The highest BCUT2D eigenvalue weighted by molar-refractivity contribution is 5.49. The minimum absolute atomic E-state index is 0.0217. The highest BCUT2D eigenvalue weighted by Gasteiger charge is 2.33. The molecule has 1 rings (SSSR count). The summed E-state index contributed by atoms with van der Waals surface area (Å²) >= 11 is 0. The van der Waals surface area contributed by atoms with Crippen LogP contribution in [-0.4, -0.2) is 13.0 Å². The second kappa shape index (κ2) is 4.92. The maximum Gasteiger partial charge on any atom is 0.573 e. The van der Waals surface area contributed by atoms with Gasteiger partial charge < -0.3 is 9.47 Å². The maximum atomic E-state index is 12.2. The van der Waals surface area contributed by atoms with E-state index in [4.69, 9.17) is 4.74 Å². The number of halogens is 3. The first-order valence-electron chi connectivity index (χ1n) is 4.52. The molecular weight excluding hydrogens is 221 g/mol. The summed E-state index contributed by atoms with van der Waals surface area (Å²) in [5.41, 5.74) is 0.114. The molecule has 0 aliphatic rings. The van der Waals surface area contributed by atoms with Crippen molar-refractivity contribution in [2.75, 3.05) is 6.61 Å². The molecule has 0 fully saturated rings. The van der Waals surface area contributed by atoms with E-state index in [1.165, 1.54) is 12.1 Å². The zero-order valence-electron chi connectivity index (χ0n) is 8.60. The van der Waals surface area contributed by atoms with Gasteiger partial charge in [0.25, 0.3) is 0 Å². The van der Waals surface area contributed by atoms with Crippen LogP contribution in [0.15, 0.2) is 24.8 Å². The standard InChI is InChI=1S/C11H10F3O2/c1-3-8-6-5-7-9(15-4-2)10(8)16-11(12,13)14/h5-7H,1,4H2,2H3. The predicted molar refractivity (Wildman–Crippen MR) is 52.3 cm³/mol. The summed E-state index contributed by atoms with van der Waals surface area (Å²) in [7, 11) is 0. The molecule has 0 saturated carbocycles. The average Bonchev–Trinajstić information content (AvgIpc) is 2.19.